The molecule has 0 bridgehead atoms. The quantitative estimate of drug-likeness (QED) is 0.859. The molecule has 0 spiro atoms. The minimum atomic E-state index is -0.0588. The van der Waals surface area contributed by atoms with Gasteiger partial charge in [0.05, 0.1) is 5.69 Å². The molecule has 1 aliphatic heterocycles. The summed E-state index contributed by atoms with van der Waals surface area (Å²) < 4.78 is 15.7. The molecule has 124 valence electrons. The van der Waals surface area contributed by atoms with Gasteiger partial charge in [-0.15, -0.1) is 0 Å². The Morgan fingerprint density at radius 1 is 1.17 bits per heavy atom. The number of rotatable bonds is 4. The lowest BCUT2D eigenvalue weighted by molar-refractivity contribution is 0.176. The van der Waals surface area contributed by atoms with Crippen LogP contribution in [0.25, 0.3) is 0 Å². The highest BCUT2D eigenvalue weighted by atomic mass is 19.1. The molecule has 1 fully saturated rings. The Kier molecular flexibility index (Phi) is 4.81. The van der Waals surface area contributed by atoms with Gasteiger partial charge in [-0.25, -0.2) is 4.39 Å². The predicted octanol–water partition coefficient (Wildman–Crippen LogP) is 3.63. The first-order valence-electron chi connectivity index (χ1n) is 8.49. The van der Waals surface area contributed by atoms with E-state index in [1.165, 1.54) is 11.3 Å². The smallest absolute Gasteiger partial charge is 0.126 e. The molecule has 0 aliphatic carbocycles. The van der Waals surface area contributed by atoms with E-state index >= 15 is 0 Å². The maximum absolute atomic E-state index is 13.8. The van der Waals surface area contributed by atoms with E-state index in [1.807, 2.05) is 23.9 Å². The van der Waals surface area contributed by atoms with Crippen LogP contribution in [0.2, 0.25) is 0 Å². The Hall–Kier alpha value is -1.68. The average Bonchev–Trinajstić information content (AvgIpc) is 2.78. The normalized spacial score (nSPS) is 16.9. The predicted molar refractivity (Wildman–Crippen MR) is 90.8 cm³/mol. The largest absolute Gasteiger partial charge is 0.299 e. The van der Waals surface area contributed by atoms with Gasteiger partial charge in [-0.05, 0) is 63.7 Å². The maximum Gasteiger partial charge on any atom is 0.126 e. The molecule has 0 N–H and O–H groups in total. The van der Waals surface area contributed by atoms with Crippen molar-refractivity contribution in [3.8, 4) is 0 Å². The summed E-state index contributed by atoms with van der Waals surface area (Å²) in [5.41, 5.74) is 4.62. The van der Waals surface area contributed by atoms with Gasteiger partial charge in [-0.3, -0.25) is 9.58 Å². The highest BCUT2D eigenvalue weighted by molar-refractivity contribution is 5.24. The number of aryl methyl sites for hydroxylation is 2. The van der Waals surface area contributed by atoms with Crippen molar-refractivity contribution in [1.82, 2.24) is 14.7 Å². The summed E-state index contributed by atoms with van der Waals surface area (Å²) in [7, 11) is 2.01. The van der Waals surface area contributed by atoms with E-state index in [2.05, 4.69) is 23.8 Å². The van der Waals surface area contributed by atoms with Gasteiger partial charge in [-0.1, -0.05) is 18.2 Å². The second-order valence-corrected chi connectivity index (χ2v) is 6.79. The van der Waals surface area contributed by atoms with Gasteiger partial charge in [0, 0.05) is 24.8 Å². The van der Waals surface area contributed by atoms with Crippen molar-refractivity contribution < 1.29 is 4.39 Å². The average molecular weight is 315 g/mol. The summed E-state index contributed by atoms with van der Waals surface area (Å²) in [4.78, 5) is 2.51. The number of aromatic nitrogens is 2. The summed E-state index contributed by atoms with van der Waals surface area (Å²) in [5.74, 6) is 0.538. The van der Waals surface area contributed by atoms with Crippen LogP contribution >= 0.6 is 0 Å². The van der Waals surface area contributed by atoms with Gasteiger partial charge in [0.25, 0.3) is 0 Å². The maximum atomic E-state index is 13.8. The lowest BCUT2D eigenvalue weighted by Gasteiger charge is -2.32. The zero-order valence-corrected chi connectivity index (χ0v) is 14.3. The van der Waals surface area contributed by atoms with Crippen LogP contribution < -0.4 is 0 Å². The molecule has 0 unspecified atom stereocenters. The van der Waals surface area contributed by atoms with Gasteiger partial charge >= 0.3 is 0 Å². The van der Waals surface area contributed by atoms with Crippen LogP contribution in [-0.4, -0.2) is 27.8 Å². The molecule has 3 nitrogen and oxygen atoms in total. The number of benzene rings is 1. The third-order valence-corrected chi connectivity index (χ3v) is 5.21. The van der Waals surface area contributed by atoms with E-state index in [0.717, 1.165) is 50.2 Å². The number of piperidine rings is 1. The lowest BCUT2D eigenvalue weighted by atomic mass is 9.90. The summed E-state index contributed by atoms with van der Waals surface area (Å²) >= 11 is 0. The van der Waals surface area contributed by atoms with Crippen molar-refractivity contribution in [2.24, 2.45) is 13.0 Å². The number of hydrogen-bond acceptors (Lipinski definition) is 2. The first-order chi connectivity index (χ1) is 11.0. The van der Waals surface area contributed by atoms with Crippen LogP contribution in [-0.2, 0) is 20.0 Å². The standard InChI is InChI=1S/C19H26FN3/c1-14-18(15(2)22(3)21-14)13-23-10-8-16(9-11-23)12-17-6-4-5-7-19(17)20/h4-7,16H,8-13H2,1-3H3. The second kappa shape index (κ2) is 6.83. The minimum Gasteiger partial charge on any atom is -0.299 e. The van der Waals surface area contributed by atoms with Crippen LogP contribution in [0.3, 0.4) is 0 Å². The Labute approximate surface area is 138 Å². The first kappa shape index (κ1) is 16.2. The molecule has 1 aromatic heterocycles. The summed E-state index contributed by atoms with van der Waals surface area (Å²) in [6, 6.07) is 7.18. The van der Waals surface area contributed by atoms with Crippen molar-refractivity contribution in [3.05, 3.63) is 52.6 Å². The summed E-state index contributed by atoms with van der Waals surface area (Å²) in [5, 5.41) is 4.50. The number of nitrogens with zero attached hydrogens (tertiary/aromatic N) is 3. The van der Waals surface area contributed by atoms with E-state index < -0.39 is 0 Å². The van der Waals surface area contributed by atoms with Gasteiger partial charge in [0.15, 0.2) is 0 Å². The molecule has 3 rings (SSSR count). The Morgan fingerprint density at radius 3 is 2.48 bits per heavy atom. The molecule has 1 saturated heterocycles. The number of hydrogen-bond donors (Lipinski definition) is 0. The third kappa shape index (κ3) is 3.63. The van der Waals surface area contributed by atoms with Gasteiger partial charge in [-0.2, -0.15) is 5.10 Å². The molecule has 1 aliphatic rings. The molecular weight excluding hydrogens is 289 g/mol. The Balaban J connectivity index is 1.55. The highest BCUT2D eigenvalue weighted by Gasteiger charge is 2.22. The number of likely N-dealkylation sites (tertiary alicyclic amines) is 1. The van der Waals surface area contributed by atoms with Gasteiger partial charge in [0.2, 0.25) is 0 Å². The Morgan fingerprint density at radius 2 is 1.87 bits per heavy atom. The zero-order chi connectivity index (χ0) is 16.4. The van der Waals surface area contributed by atoms with Crippen LogP contribution in [0.1, 0.15) is 35.4 Å². The summed E-state index contributed by atoms with van der Waals surface area (Å²) in [6.07, 6.45) is 3.16. The van der Waals surface area contributed by atoms with Crippen LogP contribution in [0.15, 0.2) is 24.3 Å². The van der Waals surface area contributed by atoms with Crippen molar-refractivity contribution in [2.75, 3.05) is 13.1 Å². The third-order valence-electron chi connectivity index (χ3n) is 5.21. The van der Waals surface area contributed by atoms with Crippen LogP contribution in [0, 0.1) is 25.6 Å². The van der Waals surface area contributed by atoms with E-state index in [0.29, 0.717) is 5.92 Å². The lowest BCUT2D eigenvalue weighted by Crippen LogP contribution is -2.34. The number of halogens is 1. The molecule has 0 saturated carbocycles. The fourth-order valence-electron chi connectivity index (χ4n) is 3.59. The van der Waals surface area contributed by atoms with E-state index in [-0.39, 0.29) is 5.82 Å². The van der Waals surface area contributed by atoms with Crippen molar-refractivity contribution in [1.29, 1.82) is 0 Å². The molecule has 1 aromatic carbocycles. The van der Waals surface area contributed by atoms with Crippen molar-refractivity contribution >= 4 is 0 Å². The first-order valence-corrected chi connectivity index (χ1v) is 8.49. The zero-order valence-electron chi connectivity index (χ0n) is 14.3. The molecule has 2 heterocycles. The van der Waals surface area contributed by atoms with E-state index in [1.54, 1.807) is 12.1 Å². The van der Waals surface area contributed by atoms with Crippen LogP contribution in [0.4, 0.5) is 4.39 Å². The Bertz CT molecular complexity index is 669. The minimum absolute atomic E-state index is 0.0588. The SMILES string of the molecule is Cc1nn(C)c(C)c1CN1CCC(Cc2ccccc2F)CC1. The molecular formula is C19H26FN3. The second-order valence-electron chi connectivity index (χ2n) is 6.79. The molecule has 2 aromatic rings. The fourth-order valence-corrected chi connectivity index (χ4v) is 3.59. The monoisotopic (exact) mass is 315 g/mol. The molecule has 0 atom stereocenters. The molecule has 0 radical (unpaired) electrons. The van der Waals surface area contributed by atoms with Crippen molar-refractivity contribution in [2.45, 2.75) is 39.7 Å². The van der Waals surface area contributed by atoms with Crippen molar-refractivity contribution in [3.63, 3.8) is 0 Å². The topological polar surface area (TPSA) is 21.1 Å². The highest BCUT2D eigenvalue weighted by Crippen LogP contribution is 2.25. The van der Waals surface area contributed by atoms with E-state index in [4.69, 9.17) is 0 Å². The molecule has 0 amide bonds. The molecule has 23 heavy (non-hydrogen) atoms. The fraction of sp³-hybridized carbons (Fsp3) is 0.526. The molecule has 4 heteroatoms. The van der Waals surface area contributed by atoms with Gasteiger partial charge in [0.1, 0.15) is 5.82 Å². The van der Waals surface area contributed by atoms with Crippen LogP contribution in [0.5, 0.6) is 0 Å². The van der Waals surface area contributed by atoms with Gasteiger partial charge < -0.3 is 0 Å². The van der Waals surface area contributed by atoms with E-state index in [9.17, 15) is 4.39 Å². The summed E-state index contributed by atoms with van der Waals surface area (Å²) in [6.45, 7) is 7.39.